The Morgan fingerprint density at radius 2 is 1.84 bits per heavy atom. The maximum Gasteiger partial charge on any atom is 0.293 e. The van der Waals surface area contributed by atoms with E-state index in [9.17, 15) is 14.0 Å². The van der Waals surface area contributed by atoms with Crippen molar-refractivity contribution in [1.82, 2.24) is 4.98 Å². The molecule has 0 unspecified atom stereocenters. The molecule has 4 nitrogen and oxygen atoms in total. The lowest BCUT2D eigenvalue weighted by atomic mass is 9.94. The molecule has 0 saturated carbocycles. The largest absolute Gasteiger partial charge is 0.463 e. The van der Waals surface area contributed by atoms with E-state index in [0.29, 0.717) is 23.5 Å². The van der Waals surface area contributed by atoms with Crippen LogP contribution in [-0.2, 0) is 16.1 Å². The molecule has 6 heteroatoms. The zero-order valence-electron chi connectivity index (χ0n) is 18.0. The minimum absolute atomic E-state index is 0.141. The number of hydrogen-bond donors (Lipinski definition) is 1. The molecule has 32 heavy (non-hydrogen) atoms. The summed E-state index contributed by atoms with van der Waals surface area (Å²) >= 11 is 0. The lowest BCUT2D eigenvalue weighted by Crippen LogP contribution is -1.95. The molecule has 0 aliphatic heterocycles. The summed E-state index contributed by atoms with van der Waals surface area (Å²) in [5, 5.41) is 0.766. The minimum atomic E-state index is -0.469. The van der Waals surface area contributed by atoms with Gasteiger partial charge in [0.15, 0.2) is 7.85 Å². The Bertz CT molecular complexity index is 1220. The average Bonchev–Trinajstić information content (AvgIpc) is 3.22. The SMILES string of the molecule is CC(C)c1ccc(-c2ccccc2)c(F)c1.[B]C(=O)c1c[nH]c2cc(COC=O)ccc12. The molecule has 0 bridgehead atoms. The number of carbonyl (C=O) groups is 2. The molecule has 0 atom stereocenters. The normalized spacial score (nSPS) is 10.5. The highest BCUT2D eigenvalue weighted by Crippen LogP contribution is 2.26. The summed E-state index contributed by atoms with van der Waals surface area (Å²) in [5.74, 6) is 0.219. The summed E-state index contributed by atoms with van der Waals surface area (Å²) < 4.78 is 18.5. The van der Waals surface area contributed by atoms with Crippen molar-refractivity contribution < 1.29 is 18.7 Å². The predicted octanol–water partition coefficient (Wildman–Crippen LogP) is 5.77. The molecule has 0 spiro atoms. The fourth-order valence-electron chi connectivity index (χ4n) is 3.34. The molecule has 0 fully saturated rings. The average molecular weight is 427 g/mol. The summed E-state index contributed by atoms with van der Waals surface area (Å²) in [4.78, 5) is 24.0. The van der Waals surface area contributed by atoms with Gasteiger partial charge in [-0.3, -0.25) is 4.79 Å². The molecule has 3 aromatic carbocycles. The second-order valence-corrected chi connectivity index (χ2v) is 7.61. The fourth-order valence-corrected chi connectivity index (χ4v) is 3.34. The first-order valence-corrected chi connectivity index (χ1v) is 10.2. The van der Waals surface area contributed by atoms with E-state index in [1.165, 1.54) is 0 Å². The van der Waals surface area contributed by atoms with Crippen molar-refractivity contribution in [1.29, 1.82) is 0 Å². The summed E-state index contributed by atoms with van der Waals surface area (Å²) in [5.41, 5.74) is 4.26. The van der Waals surface area contributed by atoms with Crippen LogP contribution in [0.2, 0.25) is 0 Å². The second kappa shape index (κ2) is 10.6. The molecule has 2 radical (unpaired) electrons. The predicted molar refractivity (Wildman–Crippen MR) is 125 cm³/mol. The van der Waals surface area contributed by atoms with Crippen molar-refractivity contribution in [3.63, 3.8) is 0 Å². The molecule has 4 aromatic rings. The summed E-state index contributed by atoms with van der Waals surface area (Å²) in [7, 11) is 5.21. The topological polar surface area (TPSA) is 59.2 Å². The van der Waals surface area contributed by atoms with Gasteiger partial charge in [-0.2, -0.15) is 0 Å². The number of ether oxygens (including phenoxy) is 1. The van der Waals surface area contributed by atoms with Gasteiger partial charge in [0.2, 0.25) is 0 Å². The Balaban J connectivity index is 0.000000181. The summed E-state index contributed by atoms with van der Waals surface area (Å²) in [6.45, 7) is 4.74. The van der Waals surface area contributed by atoms with E-state index < -0.39 is 5.68 Å². The Morgan fingerprint density at radius 3 is 2.47 bits per heavy atom. The maximum atomic E-state index is 13.9. The summed E-state index contributed by atoms with van der Waals surface area (Å²) in [6.07, 6.45) is 1.57. The van der Waals surface area contributed by atoms with Gasteiger partial charge in [0.25, 0.3) is 6.47 Å². The van der Waals surface area contributed by atoms with Gasteiger partial charge in [0.1, 0.15) is 18.1 Å². The van der Waals surface area contributed by atoms with Crippen molar-refractivity contribution in [2.24, 2.45) is 0 Å². The number of benzene rings is 3. The molecule has 1 aromatic heterocycles. The Morgan fingerprint density at radius 1 is 1.09 bits per heavy atom. The number of carbonyl (C=O) groups excluding carboxylic acids is 2. The molecule has 1 N–H and O–H groups in total. The van der Waals surface area contributed by atoms with E-state index in [-0.39, 0.29) is 12.4 Å². The first-order chi connectivity index (χ1) is 15.4. The highest BCUT2D eigenvalue weighted by atomic mass is 19.1. The standard InChI is InChI=1S/C15H15F.C11H8BNO3/c1-11(2)13-8-9-14(15(16)10-13)12-6-4-3-5-7-12;12-11(15)9-4-13-10-3-7(5-16-6-14)1-2-8(9)10/h3-11H,1-2H3;1-4,6,13H,5H2. The van der Waals surface area contributed by atoms with Gasteiger partial charge in [-0.05, 0) is 34.7 Å². The number of aromatic nitrogens is 1. The van der Waals surface area contributed by atoms with Crippen LogP contribution < -0.4 is 0 Å². The number of hydrogen-bond acceptors (Lipinski definition) is 3. The number of fused-ring (bicyclic) bond motifs is 1. The third-order valence-corrected chi connectivity index (χ3v) is 5.07. The first kappa shape index (κ1) is 23.0. The van der Waals surface area contributed by atoms with E-state index in [1.807, 2.05) is 48.5 Å². The minimum Gasteiger partial charge on any atom is -0.463 e. The van der Waals surface area contributed by atoms with Gasteiger partial charge in [-0.25, -0.2) is 4.39 Å². The van der Waals surface area contributed by atoms with Crippen LogP contribution in [0.4, 0.5) is 4.39 Å². The molecule has 0 amide bonds. The summed E-state index contributed by atoms with van der Waals surface area (Å²) in [6, 6.07) is 20.5. The zero-order valence-corrected chi connectivity index (χ0v) is 18.0. The number of rotatable bonds is 6. The quantitative estimate of drug-likeness (QED) is 0.314. The van der Waals surface area contributed by atoms with Crippen molar-refractivity contribution in [2.45, 2.75) is 26.4 Å². The lowest BCUT2D eigenvalue weighted by molar-refractivity contribution is -0.129. The van der Waals surface area contributed by atoms with E-state index in [1.54, 1.807) is 24.4 Å². The van der Waals surface area contributed by atoms with Crippen LogP contribution in [0.1, 0.15) is 41.3 Å². The van der Waals surface area contributed by atoms with E-state index in [4.69, 9.17) is 7.85 Å². The second-order valence-electron chi connectivity index (χ2n) is 7.61. The van der Waals surface area contributed by atoms with Gasteiger partial charge in [0, 0.05) is 28.2 Å². The molecule has 0 aliphatic rings. The Kier molecular flexibility index (Phi) is 7.61. The molecule has 0 aliphatic carbocycles. The highest BCUT2D eigenvalue weighted by molar-refractivity contribution is 6.63. The Labute approximate surface area is 187 Å². The monoisotopic (exact) mass is 427 g/mol. The third kappa shape index (κ3) is 5.52. The van der Waals surface area contributed by atoms with Crippen LogP contribution in [0.15, 0.2) is 72.9 Å². The van der Waals surface area contributed by atoms with E-state index in [0.717, 1.165) is 27.6 Å². The zero-order chi connectivity index (χ0) is 23.1. The van der Waals surface area contributed by atoms with Gasteiger partial charge in [-0.15, -0.1) is 0 Å². The number of nitrogens with one attached hydrogen (secondary N) is 1. The van der Waals surface area contributed by atoms with Crippen molar-refractivity contribution in [3.8, 4) is 11.1 Å². The highest BCUT2D eigenvalue weighted by Gasteiger charge is 2.08. The molecule has 160 valence electrons. The van der Waals surface area contributed by atoms with Gasteiger partial charge in [-0.1, -0.05) is 68.4 Å². The van der Waals surface area contributed by atoms with Gasteiger partial charge < -0.3 is 14.5 Å². The van der Waals surface area contributed by atoms with Crippen LogP contribution in [0.3, 0.4) is 0 Å². The molecule has 0 saturated heterocycles. The van der Waals surface area contributed by atoms with Crippen LogP contribution in [0.5, 0.6) is 0 Å². The molecule has 4 rings (SSSR count). The maximum absolute atomic E-state index is 13.9. The number of aromatic amines is 1. The molecular formula is C26H23BFNO3. The smallest absolute Gasteiger partial charge is 0.293 e. The number of H-pyrrole nitrogens is 1. The van der Waals surface area contributed by atoms with Crippen molar-refractivity contribution in [3.05, 3.63) is 95.4 Å². The first-order valence-electron chi connectivity index (χ1n) is 10.2. The van der Waals surface area contributed by atoms with Gasteiger partial charge in [0.05, 0.1) is 0 Å². The van der Waals surface area contributed by atoms with Crippen LogP contribution in [0, 0.1) is 5.82 Å². The number of halogens is 1. The van der Waals surface area contributed by atoms with E-state index in [2.05, 4.69) is 23.6 Å². The van der Waals surface area contributed by atoms with E-state index >= 15 is 0 Å². The van der Waals surface area contributed by atoms with Gasteiger partial charge >= 0.3 is 0 Å². The fraction of sp³-hybridized carbons (Fsp3) is 0.154. The van der Waals surface area contributed by atoms with Crippen molar-refractivity contribution in [2.75, 3.05) is 0 Å². The third-order valence-electron chi connectivity index (χ3n) is 5.07. The molecular weight excluding hydrogens is 404 g/mol. The van der Waals surface area contributed by atoms with Crippen LogP contribution >= 0.6 is 0 Å². The Hall–Kier alpha value is -3.67. The molecule has 1 heterocycles. The lowest BCUT2D eigenvalue weighted by Gasteiger charge is -2.08. The van der Waals surface area contributed by atoms with Crippen molar-refractivity contribution >= 4 is 30.9 Å². The van der Waals surface area contributed by atoms with Crippen LogP contribution in [0.25, 0.3) is 22.0 Å². The van der Waals surface area contributed by atoms with Crippen LogP contribution in [-0.4, -0.2) is 25.0 Å².